The third-order valence-electron chi connectivity index (χ3n) is 3.49. The van der Waals surface area contributed by atoms with Crippen molar-refractivity contribution in [1.29, 1.82) is 0 Å². The maximum atomic E-state index is 9.25. The number of unbranched alkanes of at least 4 members (excludes halogenated alkanes) is 7. The molecule has 0 heterocycles. The lowest BCUT2D eigenvalue weighted by Gasteiger charge is -2.13. The lowest BCUT2D eigenvalue weighted by atomic mass is 9.96. The van der Waals surface area contributed by atoms with Gasteiger partial charge in [-0.05, 0) is 30.9 Å². The van der Waals surface area contributed by atoms with Gasteiger partial charge >= 0.3 is 0 Å². The molecule has 0 saturated heterocycles. The van der Waals surface area contributed by atoms with Gasteiger partial charge in [0.1, 0.15) is 0 Å². The zero-order chi connectivity index (χ0) is 12.8. The van der Waals surface area contributed by atoms with Gasteiger partial charge in [0.05, 0.1) is 0 Å². The van der Waals surface area contributed by atoms with Crippen LogP contribution in [0.15, 0.2) is 0 Å². The molecule has 0 bridgehead atoms. The largest absolute Gasteiger partial charge is 0.396 e. The van der Waals surface area contributed by atoms with Gasteiger partial charge in [0, 0.05) is 6.61 Å². The minimum absolute atomic E-state index is 0.391. The van der Waals surface area contributed by atoms with Gasteiger partial charge in [0.15, 0.2) is 0 Å². The smallest absolute Gasteiger partial charge is 0.0459 e. The van der Waals surface area contributed by atoms with Crippen LogP contribution in [0.3, 0.4) is 0 Å². The van der Waals surface area contributed by atoms with Crippen LogP contribution < -0.4 is 0 Å². The number of rotatable bonds is 13. The van der Waals surface area contributed by atoms with Gasteiger partial charge < -0.3 is 5.11 Å². The number of hydrogen-bond acceptors (Lipinski definition) is 2. The minimum Gasteiger partial charge on any atom is -0.396 e. The van der Waals surface area contributed by atoms with E-state index in [1.165, 1.54) is 70.6 Å². The molecule has 0 rings (SSSR count). The molecule has 0 aromatic rings. The van der Waals surface area contributed by atoms with Crippen LogP contribution in [0, 0.1) is 5.92 Å². The SMILES string of the molecule is CCCCC(CO)CCCCCCCCCS. The lowest BCUT2D eigenvalue weighted by molar-refractivity contribution is 0.205. The van der Waals surface area contributed by atoms with E-state index in [0.29, 0.717) is 12.5 Å². The molecule has 2 heteroatoms. The van der Waals surface area contributed by atoms with Crippen molar-refractivity contribution in [3.05, 3.63) is 0 Å². The Morgan fingerprint density at radius 2 is 1.35 bits per heavy atom. The van der Waals surface area contributed by atoms with Crippen LogP contribution in [0.1, 0.15) is 77.6 Å². The normalized spacial score (nSPS) is 12.9. The summed E-state index contributed by atoms with van der Waals surface area (Å²) in [6.45, 7) is 2.61. The van der Waals surface area contributed by atoms with Gasteiger partial charge in [-0.15, -0.1) is 0 Å². The third kappa shape index (κ3) is 12.6. The van der Waals surface area contributed by atoms with E-state index in [1.807, 2.05) is 0 Å². The van der Waals surface area contributed by atoms with E-state index in [2.05, 4.69) is 19.6 Å². The average molecular weight is 260 g/mol. The van der Waals surface area contributed by atoms with Crippen LogP contribution in [0.5, 0.6) is 0 Å². The summed E-state index contributed by atoms with van der Waals surface area (Å²) in [4.78, 5) is 0. The Hall–Kier alpha value is 0.310. The monoisotopic (exact) mass is 260 g/mol. The van der Waals surface area contributed by atoms with Crippen LogP contribution in [0.4, 0.5) is 0 Å². The average Bonchev–Trinajstić information content (AvgIpc) is 2.36. The van der Waals surface area contributed by atoms with Gasteiger partial charge in [-0.3, -0.25) is 0 Å². The third-order valence-corrected chi connectivity index (χ3v) is 3.81. The second kappa shape index (κ2) is 14.4. The second-order valence-electron chi connectivity index (χ2n) is 5.18. The lowest BCUT2D eigenvalue weighted by Crippen LogP contribution is -2.05. The molecule has 0 aliphatic carbocycles. The molecule has 17 heavy (non-hydrogen) atoms. The second-order valence-corrected chi connectivity index (χ2v) is 5.63. The first-order chi connectivity index (χ1) is 8.35. The number of aliphatic hydroxyl groups excluding tert-OH is 1. The quantitative estimate of drug-likeness (QED) is 0.359. The van der Waals surface area contributed by atoms with Gasteiger partial charge in [0.25, 0.3) is 0 Å². The van der Waals surface area contributed by atoms with Crippen molar-refractivity contribution in [1.82, 2.24) is 0 Å². The van der Waals surface area contributed by atoms with E-state index >= 15 is 0 Å². The number of hydrogen-bond donors (Lipinski definition) is 2. The Balaban J connectivity index is 3.19. The summed E-state index contributed by atoms with van der Waals surface area (Å²) in [7, 11) is 0. The summed E-state index contributed by atoms with van der Waals surface area (Å²) in [5.41, 5.74) is 0. The van der Waals surface area contributed by atoms with Gasteiger partial charge in [-0.1, -0.05) is 58.3 Å². The molecule has 0 aliphatic rings. The molecule has 0 spiro atoms. The zero-order valence-corrected chi connectivity index (χ0v) is 12.6. The Morgan fingerprint density at radius 3 is 1.88 bits per heavy atom. The highest BCUT2D eigenvalue weighted by Crippen LogP contribution is 2.17. The van der Waals surface area contributed by atoms with Crippen molar-refractivity contribution in [2.75, 3.05) is 12.4 Å². The molecular weight excluding hydrogens is 228 g/mol. The Labute approximate surface area is 114 Å². The van der Waals surface area contributed by atoms with Crippen molar-refractivity contribution in [3.8, 4) is 0 Å². The number of thiol groups is 1. The Morgan fingerprint density at radius 1 is 0.824 bits per heavy atom. The van der Waals surface area contributed by atoms with Crippen LogP contribution in [-0.4, -0.2) is 17.5 Å². The Kier molecular flexibility index (Phi) is 14.6. The van der Waals surface area contributed by atoms with Crippen molar-refractivity contribution in [3.63, 3.8) is 0 Å². The molecule has 0 aliphatic heterocycles. The fraction of sp³-hybridized carbons (Fsp3) is 1.00. The molecule has 104 valence electrons. The molecule has 1 nitrogen and oxygen atoms in total. The predicted molar refractivity (Wildman–Crippen MR) is 80.9 cm³/mol. The van der Waals surface area contributed by atoms with E-state index in [0.717, 1.165) is 5.75 Å². The van der Waals surface area contributed by atoms with E-state index in [1.54, 1.807) is 0 Å². The van der Waals surface area contributed by atoms with Crippen LogP contribution >= 0.6 is 12.6 Å². The standard InChI is InChI=1S/C15H32OS/c1-2-3-11-15(14-16)12-9-7-5-4-6-8-10-13-17/h15-17H,2-14H2,1H3. The molecule has 0 amide bonds. The predicted octanol–water partition coefficient (Wildman–Crippen LogP) is 4.84. The molecule has 0 radical (unpaired) electrons. The summed E-state index contributed by atoms with van der Waals surface area (Å²) in [5, 5.41) is 9.25. The van der Waals surface area contributed by atoms with Crippen molar-refractivity contribution in [2.45, 2.75) is 77.6 Å². The molecule has 0 fully saturated rings. The molecule has 1 unspecified atom stereocenters. The minimum atomic E-state index is 0.391. The van der Waals surface area contributed by atoms with E-state index in [9.17, 15) is 5.11 Å². The van der Waals surface area contributed by atoms with E-state index in [4.69, 9.17) is 0 Å². The van der Waals surface area contributed by atoms with Crippen LogP contribution in [0.25, 0.3) is 0 Å². The molecule has 0 aromatic carbocycles. The van der Waals surface area contributed by atoms with Gasteiger partial charge in [-0.25, -0.2) is 0 Å². The maximum absolute atomic E-state index is 9.25. The van der Waals surface area contributed by atoms with E-state index in [-0.39, 0.29) is 0 Å². The Bertz CT molecular complexity index is 139. The van der Waals surface area contributed by atoms with Crippen LogP contribution in [-0.2, 0) is 0 Å². The summed E-state index contributed by atoms with van der Waals surface area (Å²) in [6, 6.07) is 0. The van der Waals surface area contributed by atoms with Gasteiger partial charge in [0.2, 0.25) is 0 Å². The summed E-state index contributed by atoms with van der Waals surface area (Å²) >= 11 is 4.22. The first kappa shape index (κ1) is 17.3. The first-order valence-electron chi connectivity index (χ1n) is 7.56. The summed E-state index contributed by atoms with van der Waals surface area (Å²) in [6.07, 6.45) is 14.4. The molecule has 0 aromatic heterocycles. The van der Waals surface area contributed by atoms with E-state index < -0.39 is 0 Å². The fourth-order valence-electron chi connectivity index (χ4n) is 2.25. The number of aliphatic hydroxyl groups is 1. The molecule has 0 saturated carbocycles. The molecular formula is C15H32OS. The molecule has 1 N–H and O–H groups in total. The highest BCUT2D eigenvalue weighted by molar-refractivity contribution is 7.80. The highest BCUT2D eigenvalue weighted by atomic mass is 32.1. The van der Waals surface area contributed by atoms with Crippen molar-refractivity contribution in [2.24, 2.45) is 5.92 Å². The topological polar surface area (TPSA) is 20.2 Å². The zero-order valence-electron chi connectivity index (χ0n) is 11.7. The summed E-state index contributed by atoms with van der Waals surface area (Å²) < 4.78 is 0. The first-order valence-corrected chi connectivity index (χ1v) is 8.20. The van der Waals surface area contributed by atoms with Crippen molar-refractivity contribution >= 4 is 12.6 Å². The maximum Gasteiger partial charge on any atom is 0.0459 e. The fourth-order valence-corrected chi connectivity index (χ4v) is 2.47. The van der Waals surface area contributed by atoms with Gasteiger partial charge in [-0.2, -0.15) is 12.6 Å². The molecule has 1 atom stereocenters. The highest BCUT2D eigenvalue weighted by Gasteiger charge is 2.05. The summed E-state index contributed by atoms with van der Waals surface area (Å²) in [5.74, 6) is 1.61. The van der Waals surface area contributed by atoms with Crippen molar-refractivity contribution < 1.29 is 5.11 Å². The van der Waals surface area contributed by atoms with Crippen LogP contribution in [0.2, 0.25) is 0 Å².